The maximum Gasteiger partial charge on any atom is 0.399 e. The molecule has 0 aliphatic rings. The lowest BCUT2D eigenvalue weighted by atomic mass is 10.1. The van der Waals surface area contributed by atoms with E-state index < -0.39 is 18.8 Å². The second-order valence-electron chi connectivity index (χ2n) is 3.03. The van der Waals surface area contributed by atoms with E-state index in [0.717, 1.165) is 6.07 Å². The molecule has 0 spiro atoms. The first-order chi connectivity index (χ1) is 7.20. The lowest BCUT2D eigenvalue weighted by molar-refractivity contribution is 0.0557. The predicted octanol–water partition coefficient (Wildman–Crippen LogP) is 3.57. The van der Waals surface area contributed by atoms with Gasteiger partial charge in [0.25, 0.3) is 0 Å². The SMILES string of the molecule is O=P(O)(O)C(F)(F)c1cc(CBr)ccc1Br. The normalized spacial score (nSPS) is 12.9. The minimum atomic E-state index is -5.53. The average Bonchev–Trinajstić information content (AvgIpc) is 2.16. The van der Waals surface area contributed by atoms with Gasteiger partial charge >= 0.3 is 13.3 Å². The molecule has 0 saturated carbocycles. The molecule has 0 heterocycles. The van der Waals surface area contributed by atoms with Crippen LogP contribution >= 0.6 is 39.5 Å². The molecule has 0 fully saturated rings. The molecule has 0 saturated heterocycles. The van der Waals surface area contributed by atoms with Crippen LogP contribution in [0.2, 0.25) is 0 Å². The van der Waals surface area contributed by atoms with Crippen molar-refractivity contribution in [1.29, 1.82) is 0 Å². The standard InChI is InChI=1S/C8H7Br2F2O3P/c9-4-5-1-2-7(10)6(3-5)8(11,12)16(13,14)15/h1-3H,4H2,(H2,13,14,15). The Bertz CT molecular complexity index is 447. The molecule has 1 aromatic carbocycles. The third-order valence-electron chi connectivity index (χ3n) is 1.87. The lowest BCUT2D eigenvalue weighted by Crippen LogP contribution is -2.14. The molecule has 0 amide bonds. The summed E-state index contributed by atoms with van der Waals surface area (Å²) in [6, 6.07) is 3.95. The van der Waals surface area contributed by atoms with Crippen LogP contribution in [-0.4, -0.2) is 9.79 Å². The smallest absolute Gasteiger partial charge is 0.320 e. The van der Waals surface area contributed by atoms with E-state index in [1.54, 1.807) is 6.07 Å². The molecule has 3 nitrogen and oxygen atoms in total. The number of hydrogen-bond acceptors (Lipinski definition) is 1. The Hall–Kier alpha value is 0.190. The van der Waals surface area contributed by atoms with Gasteiger partial charge in [-0.05, 0) is 17.7 Å². The Kier molecular flexibility index (Phi) is 4.29. The molecule has 0 bridgehead atoms. The van der Waals surface area contributed by atoms with Crippen LogP contribution in [0.4, 0.5) is 8.78 Å². The zero-order valence-electron chi connectivity index (χ0n) is 7.70. The zero-order valence-corrected chi connectivity index (χ0v) is 11.8. The number of alkyl halides is 3. The first-order valence-electron chi connectivity index (χ1n) is 3.98. The van der Waals surface area contributed by atoms with Gasteiger partial charge in [-0.1, -0.05) is 37.9 Å². The highest BCUT2D eigenvalue weighted by Gasteiger charge is 2.51. The number of rotatable bonds is 3. The highest BCUT2D eigenvalue weighted by molar-refractivity contribution is 9.10. The summed E-state index contributed by atoms with van der Waals surface area (Å²) >= 11 is 5.93. The monoisotopic (exact) mass is 378 g/mol. The van der Waals surface area contributed by atoms with Gasteiger partial charge in [-0.25, -0.2) is 0 Å². The van der Waals surface area contributed by atoms with Gasteiger partial charge in [-0.3, -0.25) is 4.57 Å². The summed E-state index contributed by atoms with van der Waals surface area (Å²) in [7, 11) is -5.53. The Morgan fingerprint density at radius 1 is 1.38 bits per heavy atom. The summed E-state index contributed by atoms with van der Waals surface area (Å²) < 4.78 is 37.5. The van der Waals surface area contributed by atoms with Crippen LogP contribution in [0.5, 0.6) is 0 Å². The number of halogens is 4. The summed E-state index contributed by atoms with van der Waals surface area (Å²) in [4.78, 5) is 17.2. The fourth-order valence-corrected chi connectivity index (χ4v) is 2.54. The van der Waals surface area contributed by atoms with Crippen molar-refractivity contribution >= 4 is 39.5 Å². The van der Waals surface area contributed by atoms with Gasteiger partial charge in [0.2, 0.25) is 0 Å². The molecule has 90 valence electrons. The van der Waals surface area contributed by atoms with Crippen molar-refractivity contribution in [3.63, 3.8) is 0 Å². The van der Waals surface area contributed by atoms with Crippen molar-refractivity contribution in [2.75, 3.05) is 0 Å². The van der Waals surface area contributed by atoms with E-state index in [-0.39, 0.29) is 4.47 Å². The molecule has 0 radical (unpaired) electrons. The quantitative estimate of drug-likeness (QED) is 0.623. The largest absolute Gasteiger partial charge is 0.399 e. The lowest BCUT2D eigenvalue weighted by Gasteiger charge is -2.19. The van der Waals surface area contributed by atoms with Crippen LogP contribution in [0, 0.1) is 0 Å². The van der Waals surface area contributed by atoms with Crippen LogP contribution in [-0.2, 0) is 15.6 Å². The highest BCUT2D eigenvalue weighted by Crippen LogP contribution is 2.60. The molecule has 0 aliphatic carbocycles. The summed E-state index contributed by atoms with van der Waals surface area (Å²) in [6.45, 7) is 0. The van der Waals surface area contributed by atoms with Crippen molar-refractivity contribution < 1.29 is 23.1 Å². The molecule has 2 N–H and O–H groups in total. The van der Waals surface area contributed by atoms with E-state index in [0.29, 0.717) is 10.9 Å². The van der Waals surface area contributed by atoms with Crippen molar-refractivity contribution in [2.45, 2.75) is 11.0 Å². The maximum absolute atomic E-state index is 13.4. The Morgan fingerprint density at radius 2 is 1.94 bits per heavy atom. The molecule has 1 aromatic rings. The Labute approximate surface area is 107 Å². The third kappa shape index (κ3) is 2.71. The van der Waals surface area contributed by atoms with Crippen LogP contribution in [0.25, 0.3) is 0 Å². The summed E-state index contributed by atoms with van der Waals surface area (Å²) in [5.74, 6) is 0. The molecule has 0 atom stereocenters. The van der Waals surface area contributed by atoms with Crippen LogP contribution < -0.4 is 0 Å². The van der Waals surface area contributed by atoms with Gasteiger partial charge in [0.15, 0.2) is 0 Å². The van der Waals surface area contributed by atoms with Gasteiger partial charge in [-0.2, -0.15) is 8.78 Å². The van der Waals surface area contributed by atoms with Crippen LogP contribution in [0.3, 0.4) is 0 Å². The first kappa shape index (κ1) is 14.3. The summed E-state index contributed by atoms with van der Waals surface area (Å²) in [5.41, 5.74) is -4.39. The fourth-order valence-electron chi connectivity index (χ4n) is 1.04. The van der Waals surface area contributed by atoms with E-state index >= 15 is 0 Å². The van der Waals surface area contributed by atoms with E-state index in [9.17, 15) is 13.3 Å². The van der Waals surface area contributed by atoms with Gasteiger partial charge in [0.1, 0.15) is 0 Å². The van der Waals surface area contributed by atoms with Crippen molar-refractivity contribution in [2.24, 2.45) is 0 Å². The second-order valence-corrected chi connectivity index (χ2v) is 6.10. The topological polar surface area (TPSA) is 57.5 Å². The molecule has 0 aliphatic heterocycles. The molecule has 0 unspecified atom stereocenters. The van der Waals surface area contributed by atoms with E-state index in [1.807, 2.05) is 0 Å². The molecule has 0 aromatic heterocycles. The number of benzene rings is 1. The Morgan fingerprint density at radius 3 is 2.38 bits per heavy atom. The second kappa shape index (κ2) is 4.82. The summed E-state index contributed by atoms with van der Waals surface area (Å²) in [6.07, 6.45) is 0. The average molecular weight is 380 g/mol. The zero-order chi connectivity index (χ0) is 12.6. The van der Waals surface area contributed by atoms with E-state index in [1.165, 1.54) is 6.07 Å². The number of hydrogen-bond donors (Lipinski definition) is 2. The van der Waals surface area contributed by atoms with E-state index in [2.05, 4.69) is 31.9 Å². The molecule has 1 rings (SSSR count). The van der Waals surface area contributed by atoms with Crippen LogP contribution in [0.15, 0.2) is 22.7 Å². The van der Waals surface area contributed by atoms with Gasteiger partial charge in [0.05, 0.1) is 0 Å². The van der Waals surface area contributed by atoms with Crippen LogP contribution in [0.1, 0.15) is 11.1 Å². The summed E-state index contributed by atoms with van der Waals surface area (Å²) in [5, 5.41) is 0.324. The molecule has 8 heteroatoms. The van der Waals surface area contributed by atoms with Crippen molar-refractivity contribution in [3.05, 3.63) is 33.8 Å². The minimum Gasteiger partial charge on any atom is -0.320 e. The van der Waals surface area contributed by atoms with E-state index in [4.69, 9.17) is 9.79 Å². The molecular weight excluding hydrogens is 373 g/mol. The maximum atomic E-state index is 13.4. The Balaban J connectivity index is 3.37. The van der Waals surface area contributed by atoms with Gasteiger partial charge in [0, 0.05) is 15.4 Å². The molecular formula is C8H7Br2F2O3P. The fraction of sp³-hybridized carbons (Fsp3) is 0.250. The van der Waals surface area contributed by atoms with Gasteiger partial charge < -0.3 is 9.79 Å². The van der Waals surface area contributed by atoms with Crippen molar-refractivity contribution in [3.8, 4) is 0 Å². The predicted molar refractivity (Wildman–Crippen MR) is 62.7 cm³/mol. The highest BCUT2D eigenvalue weighted by atomic mass is 79.9. The first-order valence-corrected chi connectivity index (χ1v) is 7.51. The van der Waals surface area contributed by atoms with Gasteiger partial charge in [-0.15, -0.1) is 0 Å². The van der Waals surface area contributed by atoms with Crippen molar-refractivity contribution in [1.82, 2.24) is 0 Å². The molecule has 16 heavy (non-hydrogen) atoms. The third-order valence-corrected chi connectivity index (χ3v) is 4.19. The minimum absolute atomic E-state index is 0.0366.